The number of ether oxygens (including phenoxy) is 2. The lowest BCUT2D eigenvalue weighted by Gasteiger charge is -2.40. The molecule has 26 heavy (non-hydrogen) atoms. The highest BCUT2D eigenvalue weighted by Crippen LogP contribution is 2.40. The van der Waals surface area contributed by atoms with E-state index >= 15 is 0 Å². The van der Waals surface area contributed by atoms with Crippen molar-refractivity contribution in [2.45, 2.75) is 38.5 Å². The Morgan fingerprint density at radius 3 is 2.96 bits per heavy atom. The molecule has 2 aliphatic rings. The van der Waals surface area contributed by atoms with Crippen molar-refractivity contribution in [2.75, 3.05) is 11.7 Å². The van der Waals surface area contributed by atoms with Gasteiger partial charge in [0.2, 0.25) is 5.91 Å². The van der Waals surface area contributed by atoms with Crippen LogP contribution in [0.5, 0.6) is 5.75 Å². The molecule has 136 valence electrons. The van der Waals surface area contributed by atoms with Gasteiger partial charge in [0.1, 0.15) is 11.6 Å². The van der Waals surface area contributed by atoms with Crippen LogP contribution in [-0.2, 0) is 22.7 Å². The van der Waals surface area contributed by atoms with Crippen LogP contribution in [0.3, 0.4) is 0 Å². The molecule has 0 bridgehead atoms. The third-order valence-electron chi connectivity index (χ3n) is 5.17. The van der Waals surface area contributed by atoms with Crippen LogP contribution in [0, 0.1) is 5.82 Å². The monoisotopic (exact) mass is 356 g/mol. The number of halogens is 1. The Hall–Kier alpha value is -2.60. The summed E-state index contributed by atoms with van der Waals surface area (Å²) >= 11 is 0. The Morgan fingerprint density at radius 2 is 2.15 bits per heavy atom. The number of fused-ring (bicyclic) bond motifs is 2. The van der Waals surface area contributed by atoms with Crippen molar-refractivity contribution >= 4 is 11.6 Å². The quantitative estimate of drug-likeness (QED) is 0.918. The Kier molecular flexibility index (Phi) is 4.28. The molecule has 0 saturated heterocycles. The number of hydrogen-bond acceptors (Lipinski definition) is 4. The normalized spacial score (nSPS) is 21.5. The topological polar surface area (TPSA) is 64.8 Å². The lowest BCUT2D eigenvalue weighted by atomic mass is 9.85. The largest absolute Gasteiger partial charge is 0.467 e. The fourth-order valence-corrected chi connectivity index (χ4v) is 3.94. The molecule has 0 fully saturated rings. The molecule has 4 rings (SSSR count). The van der Waals surface area contributed by atoms with Crippen LogP contribution < -0.4 is 15.4 Å². The summed E-state index contributed by atoms with van der Waals surface area (Å²) in [7, 11) is 0. The standard InChI is InChI=1S/C20H21FN2O3/c1-12-6-17(20(22)24)16-4-2-3-5-18(16)23(12)9-13-7-15(21)8-14-10-25-11-26-19(13)14/h2-5,7-8,12,17H,6,9-11H2,1H3,(H2,22,24)/t12-,17+/m0/s1. The summed E-state index contributed by atoms with van der Waals surface area (Å²) < 4.78 is 25.0. The van der Waals surface area contributed by atoms with Gasteiger partial charge in [-0.3, -0.25) is 4.79 Å². The van der Waals surface area contributed by atoms with Gasteiger partial charge in [-0.2, -0.15) is 0 Å². The Bertz CT molecular complexity index is 855. The average molecular weight is 356 g/mol. The van der Waals surface area contributed by atoms with Gasteiger partial charge >= 0.3 is 0 Å². The van der Waals surface area contributed by atoms with E-state index in [1.807, 2.05) is 24.3 Å². The molecule has 2 aliphatic heterocycles. The van der Waals surface area contributed by atoms with E-state index in [1.54, 1.807) is 0 Å². The predicted octanol–water partition coefficient (Wildman–Crippen LogP) is 3.06. The molecule has 2 N–H and O–H groups in total. The number of para-hydroxylation sites is 1. The summed E-state index contributed by atoms with van der Waals surface area (Å²) in [4.78, 5) is 14.1. The number of anilines is 1. The van der Waals surface area contributed by atoms with Crippen molar-refractivity contribution in [1.82, 2.24) is 0 Å². The van der Waals surface area contributed by atoms with Crippen LogP contribution in [0.25, 0.3) is 0 Å². The number of nitrogens with two attached hydrogens (primary N) is 1. The maximum atomic E-state index is 14.1. The minimum atomic E-state index is -0.312. The molecule has 2 heterocycles. The lowest BCUT2D eigenvalue weighted by Crippen LogP contribution is -2.41. The summed E-state index contributed by atoms with van der Waals surface area (Å²) in [5.74, 6) is -0.226. The number of benzene rings is 2. The van der Waals surface area contributed by atoms with Crippen LogP contribution in [0.4, 0.5) is 10.1 Å². The molecule has 0 saturated carbocycles. The molecule has 5 nitrogen and oxygen atoms in total. The molecule has 0 aliphatic carbocycles. The van der Waals surface area contributed by atoms with Gasteiger partial charge in [0.05, 0.1) is 12.5 Å². The van der Waals surface area contributed by atoms with E-state index in [1.165, 1.54) is 12.1 Å². The minimum absolute atomic E-state index is 0.0844. The maximum Gasteiger partial charge on any atom is 0.225 e. The van der Waals surface area contributed by atoms with E-state index in [4.69, 9.17) is 15.2 Å². The second-order valence-electron chi connectivity index (χ2n) is 6.89. The van der Waals surface area contributed by atoms with Crippen molar-refractivity contribution in [3.8, 4) is 5.75 Å². The maximum absolute atomic E-state index is 14.1. The fraction of sp³-hybridized carbons (Fsp3) is 0.350. The van der Waals surface area contributed by atoms with Crippen LogP contribution in [0.15, 0.2) is 36.4 Å². The van der Waals surface area contributed by atoms with Gasteiger partial charge < -0.3 is 20.1 Å². The zero-order chi connectivity index (χ0) is 18.3. The number of rotatable bonds is 3. The molecular weight excluding hydrogens is 335 g/mol. The minimum Gasteiger partial charge on any atom is -0.467 e. The van der Waals surface area contributed by atoms with E-state index in [9.17, 15) is 9.18 Å². The number of primary amides is 1. The van der Waals surface area contributed by atoms with Crippen LogP contribution in [0.2, 0.25) is 0 Å². The first-order valence-electron chi connectivity index (χ1n) is 8.71. The molecule has 2 aromatic carbocycles. The smallest absolute Gasteiger partial charge is 0.225 e. The first kappa shape index (κ1) is 16.8. The molecule has 0 aromatic heterocycles. The van der Waals surface area contributed by atoms with E-state index in [0.29, 0.717) is 25.3 Å². The van der Waals surface area contributed by atoms with E-state index < -0.39 is 0 Å². The molecule has 0 spiro atoms. The number of amides is 1. The van der Waals surface area contributed by atoms with Gasteiger partial charge in [-0.25, -0.2) is 4.39 Å². The lowest BCUT2D eigenvalue weighted by molar-refractivity contribution is -0.119. The van der Waals surface area contributed by atoms with E-state index in [2.05, 4.69) is 11.8 Å². The van der Waals surface area contributed by atoms with Crippen LogP contribution in [0.1, 0.15) is 36.0 Å². The number of carbonyl (C=O) groups excluding carboxylic acids is 1. The van der Waals surface area contributed by atoms with Gasteiger partial charge in [0, 0.05) is 29.4 Å². The number of nitrogens with zero attached hydrogens (tertiary/aromatic N) is 1. The highest BCUT2D eigenvalue weighted by atomic mass is 19.1. The molecular formula is C20H21FN2O3. The second kappa shape index (κ2) is 6.61. The Balaban J connectivity index is 1.74. The van der Waals surface area contributed by atoms with Gasteiger partial charge in [-0.1, -0.05) is 18.2 Å². The first-order chi connectivity index (χ1) is 12.5. The second-order valence-corrected chi connectivity index (χ2v) is 6.89. The summed E-state index contributed by atoms with van der Waals surface area (Å²) in [5.41, 5.74) is 9.00. The van der Waals surface area contributed by atoms with Gasteiger partial charge in [0.25, 0.3) is 0 Å². The van der Waals surface area contributed by atoms with Crippen molar-refractivity contribution in [3.63, 3.8) is 0 Å². The molecule has 2 aromatic rings. The zero-order valence-corrected chi connectivity index (χ0v) is 14.6. The van der Waals surface area contributed by atoms with Crippen molar-refractivity contribution in [2.24, 2.45) is 5.73 Å². The van der Waals surface area contributed by atoms with Gasteiger partial charge in [-0.05, 0) is 37.1 Å². The fourth-order valence-electron chi connectivity index (χ4n) is 3.94. The predicted molar refractivity (Wildman–Crippen MR) is 95.3 cm³/mol. The molecule has 0 unspecified atom stereocenters. The van der Waals surface area contributed by atoms with Gasteiger partial charge in [0.15, 0.2) is 6.79 Å². The molecule has 6 heteroatoms. The van der Waals surface area contributed by atoms with E-state index in [-0.39, 0.29) is 30.5 Å². The summed E-state index contributed by atoms with van der Waals surface area (Å²) in [6.07, 6.45) is 0.633. The number of carbonyl (C=O) groups is 1. The SMILES string of the molecule is C[C@H]1C[C@@H](C(N)=O)c2ccccc2N1Cc1cc(F)cc2c1OCOC2. The number of hydrogen-bond donors (Lipinski definition) is 1. The van der Waals surface area contributed by atoms with E-state index in [0.717, 1.165) is 22.4 Å². The van der Waals surface area contributed by atoms with Crippen LogP contribution >= 0.6 is 0 Å². The highest BCUT2D eigenvalue weighted by molar-refractivity contribution is 5.85. The van der Waals surface area contributed by atoms with Crippen molar-refractivity contribution in [3.05, 3.63) is 58.9 Å². The molecule has 0 radical (unpaired) electrons. The highest BCUT2D eigenvalue weighted by Gasteiger charge is 2.33. The summed E-state index contributed by atoms with van der Waals surface area (Å²) in [5, 5.41) is 0. The van der Waals surface area contributed by atoms with Crippen molar-refractivity contribution in [1.29, 1.82) is 0 Å². The molecule has 2 atom stereocenters. The van der Waals surface area contributed by atoms with Crippen molar-refractivity contribution < 1.29 is 18.7 Å². The summed E-state index contributed by atoms with van der Waals surface area (Å²) in [6.45, 7) is 3.06. The first-order valence-corrected chi connectivity index (χ1v) is 8.71. The summed E-state index contributed by atoms with van der Waals surface area (Å²) in [6, 6.07) is 10.8. The Labute approximate surface area is 151 Å². The van der Waals surface area contributed by atoms with Crippen LogP contribution in [-0.4, -0.2) is 18.7 Å². The average Bonchev–Trinajstić information content (AvgIpc) is 2.63. The molecule has 1 amide bonds. The third-order valence-corrected chi connectivity index (χ3v) is 5.17. The zero-order valence-electron chi connectivity index (χ0n) is 14.6. The van der Waals surface area contributed by atoms with Gasteiger partial charge in [-0.15, -0.1) is 0 Å². The third kappa shape index (κ3) is 2.90. The Morgan fingerprint density at radius 1 is 1.35 bits per heavy atom.